The summed E-state index contributed by atoms with van der Waals surface area (Å²) in [5.74, 6) is 0.601. The highest BCUT2D eigenvalue weighted by Crippen LogP contribution is 2.38. The molecule has 2 atom stereocenters. The molecule has 0 amide bonds. The summed E-state index contributed by atoms with van der Waals surface area (Å²) in [6.45, 7) is 5.14. The van der Waals surface area contributed by atoms with Crippen molar-refractivity contribution in [3.05, 3.63) is 35.4 Å². The Kier molecular flexibility index (Phi) is 2.81. The van der Waals surface area contributed by atoms with Crippen molar-refractivity contribution in [2.24, 2.45) is 0 Å². The summed E-state index contributed by atoms with van der Waals surface area (Å²) in [7, 11) is 0. The van der Waals surface area contributed by atoms with Crippen LogP contribution in [0.3, 0.4) is 0 Å². The first-order valence-corrected chi connectivity index (χ1v) is 5.57. The average molecular weight is 206 g/mol. The van der Waals surface area contributed by atoms with Crippen molar-refractivity contribution in [3.63, 3.8) is 0 Å². The van der Waals surface area contributed by atoms with Crippen molar-refractivity contribution in [2.45, 2.75) is 31.8 Å². The lowest BCUT2D eigenvalue weighted by atomic mass is 9.94. The van der Waals surface area contributed by atoms with E-state index in [0.29, 0.717) is 12.5 Å². The zero-order valence-electron chi connectivity index (χ0n) is 9.36. The first-order chi connectivity index (χ1) is 7.22. The molecular weight excluding hydrogens is 188 g/mol. The SMILES string of the molecule is CCC(C)c1ccc([C@@]2(CO)CO2)cc1. The number of rotatable bonds is 4. The van der Waals surface area contributed by atoms with Gasteiger partial charge in [-0.05, 0) is 23.5 Å². The molecule has 0 aromatic heterocycles. The van der Waals surface area contributed by atoms with Crippen molar-refractivity contribution < 1.29 is 9.84 Å². The van der Waals surface area contributed by atoms with Crippen molar-refractivity contribution in [3.8, 4) is 0 Å². The van der Waals surface area contributed by atoms with Gasteiger partial charge in [0.2, 0.25) is 0 Å². The molecule has 0 spiro atoms. The third kappa shape index (κ3) is 1.92. The average Bonchev–Trinajstić information content (AvgIpc) is 3.09. The Morgan fingerprint density at radius 3 is 2.40 bits per heavy atom. The maximum atomic E-state index is 9.21. The molecule has 1 heterocycles. The van der Waals surface area contributed by atoms with Crippen LogP contribution in [0.4, 0.5) is 0 Å². The molecular formula is C13H18O2. The molecule has 2 nitrogen and oxygen atoms in total. The van der Waals surface area contributed by atoms with Gasteiger partial charge in [-0.1, -0.05) is 38.1 Å². The number of aliphatic hydroxyl groups is 1. The quantitative estimate of drug-likeness (QED) is 0.767. The Labute approximate surface area is 90.9 Å². The molecule has 0 aliphatic carbocycles. The Morgan fingerprint density at radius 2 is 2.00 bits per heavy atom. The summed E-state index contributed by atoms with van der Waals surface area (Å²) in [5.41, 5.74) is 2.07. The second kappa shape index (κ2) is 3.95. The molecule has 1 aromatic rings. The predicted octanol–water partition coefficient (Wildman–Crippen LogP) is 2.42. The molecule has 2 heteroatoms. The molecule has 82 valence electrons. The van der Waals surface area contributed by atoms with Gasteiger partial charge in [-0.15, -0.1) is 0 Å². The van der Waals surface area contributed by atoms with Crippen LogP contribution in [0.25, 0.3) is 0 Å². The molecule has 15 heavy (non-hydrogen) atoms. The Bertz CT molecular complexity index is 325. The van der Waals surface area contributed by atoms with Crippen LogP contribution in [0.15, 0.2) is 24.3 Å². The number of aliphatic hydroxyl groups excluding tert-OH is 1. The molecule has 1 aromatic carbocycles. The van der Waals surface area contributed by atoms with Gasteiger partial charge in [0.05, 0.1) is 13.2 Å². The van der Waals surface area contributed by atoms with E-state index < -0.39 is 0 Å². The monoisotopic (exact) mass is 206 g/mol. The second-order valence-corrected chi connectivity index (χ2v) is 4.37. The molecule has 1 N–H and O–H groups in total. The highest BCUT2D eigenvalue weighted by molar-refractivity contribution is 5.31. The third-order valence-electron chi connectivity index (χ3n) is 3.37. The Morgan fingerprint density at radius 1 is 1.40 bits per heavy atom. The van der Waals surface area contributed by atoms with Crippen LogP contribution in [-0.2, 0) is 10.3 Å². The van der Waals surface area contributed by atoms with Crippen molar-refractivity contribution in [1.82, 2.24) is 0 Å². The first-order valence-electron chi connectivity index (χ1n) is 5.57. The Hall–Kier alpha value is -0.860. The van der Waals surface area contributed by atoms with Crippen LogP contribution in [-0.4, -0.2) is 18.3 Å². The second-order valence-electron chi connectivity index (χ2n) is 4.37. The minimum absolute atomic E-state index is 0.0790. The summed E-state index contributed by atoms with van der Waals surface area (Å²) in [4.78, 5) is 0. The van der Waals surface area contributed by atoms with Gasteiger partial charge in [-0.3, -0.25) is 0 Å². The Balaban J connectivity index is 2.17. The standard InChI is InChI=1S/C13H18O2/c1-3-10(2)11-4-6-12(7-5-11)13(8-14)9-15-13/h4-7,10,14H,3,8-9H2,1-2H3/t10?,13-/m1/s1. The number of hydrogen-bond donors (Lipinski definition) is 1. The molecule has 1 aliphatic rings. The summed E-state index contributed by atoms with van der Waals surface area (Å²) in [5, 5.41) is 9.21. The molecule has 1 saturated heterocycles. The van der Waals surface area contributed by atoms with Gasteiger partial charge in [-0.2, -0.15) is 0 Å². The number of ether oxygens (including phenoxy) is 1. The molecule has 1 fully saturated rings. The summed E-state index contributed by atoms with van der Waals surface area (Å²) in [6.07, 6.45) is 1.15. The van der Waals surface area contributed by atoms with Crippen molar-refractivity contribution in [1.29, 1.82) is 0 Å². The highest BCUT2D eigenvalue weighted by Gasteiger charge is 2.45. The van der Waals surface area contributed by atoms with Crippen molar-refractivity contribution in [2.75, 3.05) is 13.2 Å². The lowest BCUT2D eigenvalue weighted by Crippen LogP contribution is -2.13. The summed E-state index contributed by atoms with van der Waals surface area (Å²) < 4.78 is 5.31. The number of hydrogen-bond acceptors (Lipinski definition) is 2. The smallest absolute Gasteiger partial charge is 0.139 e. The molecule has 1 unspecified atom stereocenters. The topological polar surface area (TPSA) is 32.8 Å². The minimum Gasteiger partial charge on any atom is -0.393 e. The van der Waals surface area contributed by atoms with Gasteiger partial charge in [0, 0.05) is 0 Å². The lowest BCUT2D eigenvalue weighted by Gasteiger charge is -2.12. The van der Waals surface area contributed by atoms with Gasteiger partial charge < -0.3 is 9.84 Å². The van der Waals surface area contributed by atoms with Crippen LogP contribution in [0.5, 0.6) is 0 Å². The molecule has 0 radical (unpaired) electrons. The van der Waals surface area contributed by atoms with Crippen LogP contribution in [0.1, 0.15) is 37.3 Å². The van der Waals surface area contributed by atoms with E-state index in [1.807, 2.05) is 0 Å². The fourth-order valence-electron chi connectivity index (χ4n) is 1.79. The summed E-state index contributed by atoms with van der Waals surface area (Å²) >= 11 is 0. The van der Waals surface area contributed by atoms with E-state index in [2.05, 4.69) is 38.1 Å². The maximum absolute atomic E-state index is 9.21. The molecule has 0 bridgehead atoms. The minimum atomic E-state index is -0.381. The lowest BCUT2D eigenvalue weighted by molar-refractivity contribution is 0.172. The van der Waals surface area contributed by atoms with Crippen LogP contribution in [0, 0.1) is 0 Å². The van der Waals surface area contributed by atoms with E-state index in [1.165, 1.54) is 5.56 Å². The van der Waals surface area contributed by atoms with Gasteiger partial charge in [0.15, 0.2) is 0 Å². The molecule has 0 saturated carbocycles. The van der Waals surface area contributed by atoms with E-state index >= 15 is 0 Å². The van der Waals surface area contributed by atoms with E-state index in [-0.39, 0.29) is 12.2 Å². The fourth-order valence-corrected chi connectivity index (χ4v) is 1.79. The van der Waals surface area contributed by atoms with Gasteiger partial charge >= 0.3 is 0 Å². The van der Waals surface area contributed by atoms with Gasteiger partial charge in [-0.25, -0.2) is 0 Å². The van der Waals surface area contributed by atoms with E-state index in [9.17, 15) is 5.11 Å². The van der Waals surface area contributed by atoms with Crippen LogP contribution in [0.2, 0.25) is 0 Å². The van der Waals surface area contributed by atoms with Crippen LogP contribution < -0.4 is 0 Å². The largest absolute Gasteiger partial charge is 0.393 e. The van der Waals surface area contributed by atoms with E-state index in [1.54, 1.807) is 0 Å². The third-order valence-corrected chi connectivity index (χ3v) is 3.37. The van der Waals surface area contributed by atoms with Gasteiger partial charge in [0.25, 0.3) is 0 Å². The normalized spacial score (nSPS) is 26.3. The highest BCUT2D eigenvalue weighted by atomic mass is 16.6. The maximum Gasteiger partial charge on any atom is 0.139 e. The first kappa shape index (κ1) is 10.7. The molecule has 2 rings (SSSR count). The fraction of sp³-hybridized carbons (Fsp3) is 0.538. The molecule has 1 aliphatic heterocycles. The zero-order chi connectivity index (χ0) is 10.9. The predicted molar refractivity (Wildman–Crippen MR) is 59.9 cm³/mol. The zero-order valence-corrected chi connectivity index (χ0v) is 9.36. The van der Waals surface area contributed by atoms with E-state index in [0.717, 1.165) is 12.0 Å². The van der Waals surface area contributed by atoms with E-state index in [4.69, 9.17) is 4.74 Å². The number of epoxide rings is 1. The van der Waals surface area contributed by atoms with Crippen LogP contribution >= 0.6 is 0 Å². The summed E-state index contributed by atoms with van der Waals surface area (Å²) in [6, 6.07) is 8.43. The van der Waals surface area contributed by atoms with Crippen molar-refractivity contribution >= 4 is 0 Å². The number of benzene rings is 1. The van der Waals surface area contributed by atoms with Gasteiger partial charge in [0.1, 0.15) is 5.60 Å².